The number of benzene rings is 1. The van der Waals surface area contributed by atoms with Crippen LogP contribution in [-0.2, 0) is 0 Å². The topological polar surface area (TPSA) is 34.1 Å². The molecule has 1 aliphatic rings. The van der Waals surface area contributed by atoms with Crippen molar-refractivity contribution in [1.29, 1.82) is 0 Å². The Hall–Kier alpha value is -1.27. The molecule has 0 aliphatic heterocycles. The molecule has 0 N–H and O–H groups in total. The van der Waals surface area contributed by atoms with Gasteiger partial charge in [-0.05, 0) is 11.8 Å². The van der Waals surface area contributed by atoms with E-state index in [4.69, 9.17) is 11.6 Å². The first-order valence-electron chi connectivity index (χ1n) is 4.65. The van der Waals surface area contributed by atoms with E-state index in [1.807, 2.05) is 0 Å². The lowest BCUT2D eigenvalue weighted by atomic mass is 9.95. The predicted octanol–water partition coefficient (Wildman–Crippen LogP) is 3.77. The van der Waals surface area contributed by atoms with Crippen LogP contribution in [0.15, 0.2) is 34.2 Å². The average molecular weight is 293 g/mol. The second kappa shape index (κ2) is 4.44. The van der Waals surface area contributed by atoms with Crippen molar-refractivity contribution >= 4 is 34.9 Å². The molecule has 0 bridgehead atoms. The van der Waals surface area contributed by atoms with E-state index in [2.05, 4.69) is 0 Å². The van der Waals surface area contributed by atoms with Crippen LogP contribution in [-0.4, -0.2) is 17.1 Å². The fourth-order valence-electron chi connectivity index (χ4n) is 1.53. The lowest BCUT2D eigenvalue weighted by Crippen LogP contribution is -2.20. The highest BCUT2D eigenvalue weighted by Crippen LogP contribution is 2.43. The molecule has 0 radical (unpaired) electrons. The number of Topliss-reactive ketones (excluding diaryl/α,β-unsaturated/α-hetero) is 2. The first-order valence-corrected chi connectivity index (χ1v) is 5.84. The monoisotopic (exact) mass is 292 g/mol. The van der Waals surface area contributed by atoms with Crippen LogP contribution in [0.2, 0.25) is 0 Å². The van der Waals surface area contributed by atoms with Gasteiger partial charge in [0.15, 0.2) is 0 Å². The zero-order valence-electron chi connectivity index (χ0n) is 8.55. The molecule has 1 aromatic carbocycles. The molecule has 0 unspecified atom stereocenters. The van der Waals surface area contributed by atoms with Crippen molar-refractivity contribution in [3.8, 4) is 0 Å². The van der Waals surface area contributed by atoms with Crippen LogP contribution in [0, 0.1) is 0 Å². The van der Waals surface area contributed by atoms with Gasteiger partial charge in [0.1, 0.15) is 5.03 Å². The number of alkyl halides is 3. The van der Waals surface area contributed by atoms with Crippen LogP contribution in [0.4, 0.5) is 13.2 Å². The Labute approximate surface area is 109 Å². The van der Waals surface area contributed by atoms with Crippen LogP contribution in [0.3, 0.4) is 0 Å². The van der Waals surface area contributed by atoms with Gasteiger partial charge >= 0.3 is 5.51 Å². The summed E-state index contributed by atoms with van der Waals surface area (Å²) in [5.41, 5.74) is -4.70. The number of carbonyl (C=O) groups excluding carboxylic acids is 2. The summed E-state index contributed by atoms with van der Waals surface area (Å²) in [5, 5.41) is -0.680. The maximum absolute atomic E-state index is 12.3. The molecule has 18 heavy (non-hydrogen) atoms. The summed E-state index contributed by atoms with van der Waals surface area (Å²) in [4.78, 5) is 22.8. The smallest absolute Gasteiger partial charge is 0.288 e. The van der Waals surface area contributed by atoms with Crippen LogP contribution in [0.1, 0.15) is 20.7 Å². The minimum absolute atomic E-state index is 0.0269. The van der Waals surface area contributed by atoms with E-state index in [0.717, 1.165) is 0 Å². The Morgan fingerprint density at radius 1 is 1.00 bits per heavy atom. The zero-order chi connectivity index (χ0) is 13.5. The molecule has 0 amide bonds. The molecular formula is C11H4ClF3O2S. The second-order valence-electron chi connectivity index (χ2n) is 3.39. The third kappa shape index (κ3) is 2.30. The molecule has 2 nitrogen and oxygen atoms in total. The Kier molecular flexibility index (Phi) is 3.25. The van der Waals surface area contributed by atoms with Crippen molar-refractivity contribution in [1.82, 2.24) is 0 Å². The van der Waals surface area contributed by atoms with Gasteiger partial charge in [-0.25, -0.2) is 0 Å². The third-order valence-corrected chi connectivity index (χ3v) is 3.54. The van der Waals surface area contributed by atoms with Gasteiger partial charge < -0.3 is 0 Å². The van der Waals surface area contributed by atoms with Crippen molar-refractivity contribution in [2.75, 3.05) is 0 Å². The molecule has 1 aliphatic carbocycles. The number of halogens is 4. The minimum Gasteiger partial charge on any atom is -0.288 e. The highest BCUT2D eigenvalue weighted by Gasteiger charge is 2.39. The second-order valence-corrected chi connectivity index (χ2v) is 4.85. The lowest BCUT2D eigenvalue weighted by Gasteiger charge is -2.17. The summed E-state index contributed by atoms with van der Waals surface area (Å²) in [6.45, 7) is 0. The molecular weight excluding hydrogens is 289 g/mol. The van der Waals surface area contributed by atoms with E-state index in [9.17, 15) is 22.8 Å². The van der Waals surface area contributed by atoms with E-state index in [1.165, 1.54) is 24.3 Å². The summed E-state index contributed by atoms with van der Waals surface area (Å²) in [6, 6.07) is 5.64. The minimum atomic E-state index is -4.67. The molecule has 0 atom stereocenters. The number of thioether (sulfide) groups is 1. The number of hydrogen-bond acceptors (Lipinski definition) is 3. The van der Waals surface area contributed by atoms with Crippen LogP contribution in [0.5, 0.6) is 0 Å². The summed E-state index contributed by atoms with van der Waals surface area (Å²) in [5.74, 6) is -1.64. The fraction of sp³-hybridized carbons (Fsp3) is 0.0909. The van der Waals surface area contributed by atoms with E-state index in [1.54, 1.807) is 0 Å². The SMILES string of the molecule is O=C1C(Cl)=C(SC(F)(F)F)C(=O)c2ccccc21. The number of carbonyl (C=O) groups is 2. The van der Waals surface area contributed by atoms with E-state index >= 15 is 0 Å². The highest BCUT2D eigenvalue weighted by molar-refractivity contribution is 8.05. The maximum atomic E-state index is 12.3. The lowest BCUT2D eigenvalue weighted by molar-refractivity contribution is -0.0322. The van der Waals surface area contributed by atoms with Crippen molar-refractivity contribution in [3.63, 3.8) is 0 Å². The van der Waals surface area contributed by atoms with Gasteiger partial charge in [0, 0.05) is 11.1 Å². The van der Waals surface area contributed by atoms with Gasteiger partial charge in [-0.15, -0.1) is 0 Å². The largest absolute Gasteiger partial charge is 0.446 e. The zero-order valence-corrected chi connectivity index (χ0v) is 10.1. The Balaban J connectivity index is 2.53. The maximum Gasteiger partial charge on any atom is 0.446 e. The number of rotatable bonds is 1. The number of ketones is 2. The van der Waals surface area contributed by atoms with E-state index < -0.39 is 38.8 Å². The van der Waals surface area contributed by atoms with Crippen molar-refractivity contribution in [2.45, 2.75) is 5.51 Å². The van der Waals surface area contributed by atoms with Crippen molar-refractivity contribution < 1.29 is 22.8 Å². The van der Waals surface area contributed by atoms with Gasteiger partial charge in [0.25, 0.3) is 0 Å². The molecule has 0 saturated carbocycles. The molecule has 0 spiro atoms. The first-order chi connectivity index (χ1) is 8.31. The molecule has 0 saturated heterocycles. The van der Waals surface area contributed by atoms with Crippen molar-refractivity contribution in [2.24, 2.45) is 0 Å². The average Bonchev–Trinajstić information content (AvgIpc) is 2.31. The Bertz CT molecular complexity index is 578. The predicted molar refractivity (Wildman–Crippen MR) is 61.6 cm³/mol. The molecule has 0 heterocycles. The van der Waals surface area contributed by atoms with Crippen LogP contribution < -0.4 is 0 Å². The Morgan fingerprint density at radius 2 is 1.50 bits per heavy atom. The molecule has 94 valence electrons. The molecule has 7 heteroatoms. The van der Waals surface area contributed by atoms with Crippen LogP contribution in [0.25, 0.3) is 0 Å². The van der Waals surface area contributed by atoms with Crippen molar-refractivity contribution in [3.05, 3.63) is 45.3 Å². The van der Waals surface area contributed by atoms with Gasteiger partial charge in [-0.1, -0.05) is 35.9 Å². The van der Waals surface area contributed by atoms with E-state index in [-0.39, 0.29) is 11.1 Å². The normalized spacial score (nSPS) is 16.0. The standard InChI is InChI=1S/C11H4ClF3O2S/c12-7-8(16)5-3-1-2-4-6(5)9(17)10(7)18-11(13,14)15/h1-4H. The van der Waals surface area contributed by atoms with Gasteiger partial charge in [-0.3, -0.25) is 9.59 Å². The number of hydrogen-bond donors (Lipinski definition) is 0. The first kappa shape index (κ1) is 13.2. The summed E-state index contributed by atoms with van der Waals surface area (Å²) >= 11 is 4.89. The summed E-state index contributed by atoms with van der Waals surface area (Å²) < 4.78 is 36.9. The third-order valence-electron chi connectivity index (χ3n) is 2.24. The summed E-state index contributed by atoms with van der Waals surface area (Å²) in [7, 11) is 0. The van der Waals surface area contributed by atoms with Gasteiger partial charge in [0.2, 0.25) is 11.6 Å². The summed E-state index contributed by atoms with van der Waals surface area (Å²) in [6.07, 6.45) is 0. The molecule has 0 aromatic heterocycles. The Morgan fingerprint density at radius 3 is 2.00 bits per heavy atom. The quantitative estimate of drug-likeness (QED) is 0.790. The van der Waals surface area contributed by atoms with Gasteiger partial charge in [0.05, 0.1) is 4.91 Å². The molecule has 1 aromatic rings. The highest BCUT2D eigenvalue weighted by atomic mass is 35.5. The van der Waals surface area contributed by atoms with E-state index in [0.29, 0.717) is 0 Å². The van der Waals surface area contributed by atoms with Crippen LogP contribution >= 0.6 is 23.4 Å². The van der Waals surface area contributed by atoms with Gasteiger partial charge in [-0.2, -0.15) is 13.2 Å². The fourth-order valence-corrected chi connectivity index (χ4v) is 2.45. The number of fused-ring (bicyclic) bond motifs is 1. The molecule has 0 fully saturated rings. The molecule has 2 rings (SSSR count). The number of allylic oxidation sites excluding steroid dienone is 2.